The van der Waals surface area contributed by atoms with Gasteiger partial charge in [-0.05, 0) is 61.9 Å². The number of rotatable bonds is 10. The molecule has 0 aliphatic carbocycles. The largest absolute Gasteiger partial charge is 0.396 e. The van der Waals surface area contributed by atoms with Crippen LogP contribution < -0.4 is 5.56 Å². The number of ketones is 1. The number of Topliss-reactive ketones (excluding diaryl/α,β-unsaturated/α-hetero) is 1. The minimum absolute atomic E-state index is 0.0394. The standard InChI is InChI=1S/C30H31ClN2O3S/c1-4-20-9-8-10-21(5-2)28(20)33-19(3)24(27(35)11-6-7-16-34)17-25(30(33)36)29-32-26(18-37-29)22-12-14-23(31)15-13-22/h8-10,12-15,17-18,34H,4-7,11,16H2,1-3H3. The summed E-state index contributed by atoms with van der Waals surface area (Å²) in [5, 5.41) is 12.3. The topological polar surface area (TPSA) is 72.2 Å². The first-order valence-electron chi connectivity index (χ1n) is 12.6. The number of unbranched alkanes of at least 4 members (excludes halogenated alkanes) is 1. The summed E-state index contributed by atoms with van der Waals surface area (Å²) < 4.78 is 1.72. The van der Waals surface area contributed by atoms with Crippen LogP contribution in [-0.4, -0.2) is 27.0 Å². The average molecular weight is 535 g/mol. The molecule has 0 unspecified atom stereocenters. The van der Waals surface area contributed by atoms with Gasteiger partial charge in [0.25, 0.3) is 5.56 Å². The van der Waals surface area contributed by atoms with Crippen molar-refractivity contribution in [3.8, 4) is 27.5 Å². The van der Waals surface area contributed by atoms with Gasteiger partial charge in [0.1, 0.15) is 5.01 Å². The second-order valence-corrected chi connectivity index (χ2v) is 10.3. The summed E-state index contributed by atoms with van der Waals surface area (Å²) >= 11 is 7.43. The number of nitrogens with zero attached hydrogens (tertiary/aromatic N) is 2. The number of aliphatic hydroxyl groups is 1. The van der Waals surface area contributed by atoms with E-state index in [1.807, 2.05) is 54.8 Å². The van der Waals surface area contributed by atoms with Crippen LogP contribution in [0.25, 0.3) is 27.5 Å². The van der Waals surface area contributed by atoms with E-state index in [9.17, 15) is 14.7 Å². The molecule has 37 heavy (non-hydrogen) atoms. The molecule has 4 aromatic rings. The van der Waals surface area contributed by atoms with Crippen molar-refractivity contribution in [1.29, 1.82) is 0 Å². The lowest BCUT2D eigenvalue weighted by Crippen LogP contribution is -2.27. The Balaban J connectivity index is 1.94. The predicted molar refractivity (Wildman–Crippen MR) is 152 cm³/mol. The fraction of sp³-hybridized carbons (Fsp3) is 0.300. The van der Waals surface area contributed by atoms with Crippen LogP contribution in [0.15, 0.2) is 58.7 Å². The number of carbonyl (C=O) groups is 1. The maximum Gasteiger partial charge on any atom is 0.265 e. The van der Waals surface area contributed by atoms with E-state index in [1.165, 1.54) is 11.3 Å². The van der Waals surface area contributed by atoms with Gasteiger partial charge in [-0.25, -0.2) is 4.98 Å². The van der Waals surface area contributed by atoms with Crippen molar-refractivity contribution in [3.05, 3.63) is 91.7 Å². The van der Waals surface area contributed by atoms with Gasteiger partial charge in [0.05, 0.1) is 16.9 Å². The highest BCUT2D eigenvalue weighted by Crippen LogP contribution is 2.31. The van der Waals surface area contributed by atoms with E-state index in [1.54, 1.807) is 10.6 Å². The Morgan fingerprint density at radius 2 is 1.73 bits per heavy atom. The normalized spacial score (nSPS) is 11.2. The number of benzene rings is 2. The maximum absolute atomic E-state index is 14.1. The molecule has 0 aliphatic rings. The van der Waals surface area contributed by atoms with Crippen LogP contribution in [-0.2, 0) is 12.8 Å². The Morgan fingerprint density at radius 3 is 2.35 bits per heavy atom. The molecule has 0 radical (unpaired) electrons. The molecule has 7 heteroatoms. The summed E-state index contributed by atoms with van der Waals surface area (Å²) in [5.74, 6) is -0.0394. The van der Waals surface area contributed by atoms with Gasteiger partial charge in [-0.15, -0.1) is 11.3 Å². The molecular weight excluding hydrogens is 504 g/mol. The molecule has 0 spiro atoms. The first-order chi connectivity index (χ1) is 17.9. The second kappa shape index (κ2) is 12.0. The molecule has 0 fully saturated rings. The smallest absolute Gasteiger partial charge is 0.265 e. The van der Waals surface area contributed by atoms with Gasteiger partial charge in [-0.2, -0.15) is 0 Å². The lowest BCUT2D eigenvalue weighted by atomic mass is 9.98. The van der Waals surface area contributed by atoms with Crippen molar-refractivity contribution in [2.75, 3.05) is 6.61 Å². The van der Waals surface area contributed by atoms with Crippen molar-refractivity contribution in [2.45, 2.75) is 52.9 Å². The third-order valence-electron chi connectivity index (χ3n) is 6.62. The Kier molecular flexibility index (Phi) is 8.75. The summed E-state index contributed by atoms with van der Waals surface area (Å²) in [5.41, 5.74) is 6.01. The Labute approximate surface area is 226 Å². The SMILES string of the molecule is CCc1cccc(CC)c1-n1c(C)c(C(=O)CCCCO)cc(-c2nc(-c3ccc(Cl)cc3)cs2)c1=O. The number of thiazole rings is 1. The number of halogens is 1. The third kappa shape index (κ3) is 5.61. The number of aryl methyl sites for hydroxylation is 2. The highest BCUT2D eigenvalue weighted by molar-refractivity contribution is 7.13. The quantitative estimate of drug-likeness (QED) is 0.174. The van der Waals surface area contributed by atoms with Gasteiger partial charge in [0.15, 0.2) is 5.78 Å². The van der Waals surface area contributed by atoms with Crippen LogP contribution in [0.5, 0.6) is 0 Å². The fourth-order valence-electron chi connectivity index (χ4n) is 4.59. The van der Waals surface area contributed by atoms with E-state index < -0.39 is 0 Å². The van der Waals surface area contributed by atoms with Gasteiger partial charge in [0, 0.05) is 40.3 Å². The zero-order valence-electron chi connectivity index (χ0n) is 21.4. The molecule has 0 amide bonds. The van der Waals surface area contributed by atoms with Crippen LogP contribution in [0.1, 0.15) is 60.3 Å². The minimum Gasteiger partial charge on any atom is -0.396 e. The monoisotopic (exact) mass is 534 g/mol. The van der Waals surface area contributed by atoms with Gasteiger partial charge in [0.2, 0.25) is 0 Å². The summed E-state index contributed by atoms with van der Waals surface area (Å²) in [6, 6.07) is 15.2. The van der Waals surface area contributed by atoms with Gasteiger partial charge in [-0.1, -0.05) is 55.8 Å². The predicted octanol–water partition coefficient (Wildman–Crippen LogP) is 7.06. The van der Waals surface area contributed by atoms with E-state index in [4.69, 9.17) is 16.6 Å². The minimum atomic E-state index is -0.183. The third-order valence-corrected chi connectivity index (χ3v) is 7.75. The van der Waals surface area contributed by atoms with Crippen LogP contribution in [0, 0.1) is 6.92 Å². The van der Waals surface area contributed by atoms with Crippen LogP contribution in [0.4, 0.5) is 0 Å². The number of pyridine rings is 1. The molecule has 4 rings (SSSR count). The Morgan fingerprint density at radius 1 is 1.05 bits per heavy atom. The van der Waals surface area contributed by atoms with Crippen LogP contribution in [0.2, 0.25) is 5.02 Å². The molecular formula is C30H31ClN2O3S. The maximum atomic E-state index is 14.1. The van der Waals surface area contributed by atoms with Crippen molar-refractivity contribution in [2.24, 2.45) is 0 Å². The average Bonchev–Trinajstić information content (AvgIpc) is 3.39. The fourth-order valence-corrected chi connectivity index (χ4v) is 5.56. The van der Waals surface area contributed by atoms with Crippen LogP contribution in [0.3, 0.4) is 0 Å². The van der Waals surface area contributed by atoms with E-state index in [0.29, 0.717) is 46.1 Å². The van der Waals surface area contributed by atoms with Crippen molar-refractivity contribution >= 4 is 28.7 Å². The Bertz CT molecular complexity index is 1450. The lowest BCUT2D eigenvalue weighted by Gasteiger charge is -2.21. The van der Waals surface area contributed by atoms with E-state index in [-0.39, 0.29) is 17.9 Å². The molecule has 0 atom stereocenters. The number of hydrogen-bond acceptors (Lipinski definition) is 5. The lowest BCUT2D eigenvalue weighted by molar-refractivity contribution is 0.0976. The number of carbonyl (C=O) groups excluding carboxylic acids is 1. The summed E-state index contributed by atoms with van der Waals surface area (Å²) in [7, 11) is 0. The number of para-hydroxylation sites is 1. The molecule has 2 aromatic carbocycles. The van der Waals surface area contributed by atoms with Crippen molar-refractivity contribution in [1.82, 2.24) is 9.55 Å². The number of hydrogen-bond donors (Lipinski definition) is 1. The van der Waals surface area contributed by atoms with Crippen molar-refractivity contribution < 1.29 is 9.90 Å². The zero-order valence-corrected chi connectivity index (χ0v) is 23.0. The molecule has 5 nitrogen and oxygen atoms in total. The molecule has 192 valence electrons. The van der Waals surface area contributed by atoms with Gasteiger partial charge in [-0.3, -0.25) is 14.2 Å². The van der Waals surface area contributed by atoms with Gasteiger partial charge < -0.3 is 5.11 Å². The number of aliphatic hydroxyl groups excluding tert-OH is 1. The molecule has 2 heterocycles. The first-order valence-corrected chi connectivity index (χ1v) is 13.9. The molecule has 0 saturated carbocycles. The molecule has 2 aromatic heterocycles. The number of aromatic nitrogens is 2. The molecule has 0 bridgehead atoms. The van der Waals surface area contributed by atoms with Crippen LogP contribution >= 0.6 is 22.9 Å². The summed E-state index contributed by atoms with van der Waals surface area (Å²) in [4.78, 5) is 32.3. The highest BCUT2D eigenvalue weighted by atomic mass is 35.5. The Hall–Kier alpha value is -3.06. The molecule has 0 saturated heterocycles. The van der Waals surface area contributed by atoms with Crippen molar-refractivity contribution in [3.63, 3.8) is 0 Å². The zero-order chi connectivity index (χ0) is 26.5. The van der Waals surface area contributed by atoms with E-state index >= 15 is 0 Å². The first kappa shape index (κ1) is 27.0. The van der Waals surface area contributed by atoms with Gasteiger partial charge >= 0.3 is 0 Å². The summed E-state index contributed by atoms with van der Waals surface area (Å²) in [6.07, 6.45) is 2.98. The van der Waals surface area contributed by atoms with E-state index in [0.717, 1.165) is 40.9 Å². The molecule has 1 N–H and O–H groups in total. The summed E-state index contributed by atoms with van der Waals surface area (Å²) in [6.45, 7) is 6.04. The molecule has 0 aliphatic heterocycles. The second-order valence-electron chi connectivity index (χ2n) is 8.98. The highest BCUT2D eigenvalue weighted by Gasteiger charge is 2.23. The van der Waals surface area contributed by atoms with E-state index in [2.05, 4.69) is 13.8 Å².